The van der Waals surface area contributed by atoms with Crippen LogP contribution in [-0.2, 0) is 9.59 Å². The molecule has 1 amide bonds. The molecule has 3 rings (SSSR count). The molecular weight excluding hydrogens is 323 g/mol. The van der Waals surface area contributed by atoms with Crippen LogP contribution in [0.4, 0.5) is 13.2 Å². The Labute approximate surface area is 138 Å². The lowest BCUT2D eigenvalue weighted by molar-refractivity contribution is -0.204. The maximum atomic E-state index is 13.3. The first-order valence-corrected chi connectivity index (χ1v) is 8.33. The Morgan fingerprint density at radius 3 is 2.62 bits per heavy atom. The highest BCUT2D eigenvalue weighted by atomic mass is 19.4. The summed E-state index contributed by atoms with van der Waals surface area (Å²) in [7, 11) is 1.74. The molecule has 24 heavy (non-hydrogen) atoms. The van der Waals surface area contributed by atoms with Crippen molar-refractivity contribution < 1.29 is 27.9 Å². The number of hydrogen-bond donors (Lipinski definition) is 1. The number of carbonyl (C=O) groups is 2. The third-order valence-corrected chi connectivity index (χ3v) is 6.43. The van der Waals surface area contributed by atoms with E-state index < -0.39 is 35.3 Å². The summed E-state index contributed by atoms with van der Waals surface area (Å²) in [4.78, 5) is 25.3. The van der Waals surface area contributed by atoms with Crippen LogP contribution < -0.4 is 0 Å². The third kappa shape index (κ3) is 2.43. The Balaban J connectivity index is 2.01. The molecule has 1 N–H and O–H groups in total. The third-order valence-electron chi connectivity index (χ3n) is 6.43. The average Bonchev–Trinajstić information content (AvgIpc) is 2.49. The summed E-state index contributed by atoms with van der Waals surface area (Å²) in [5.74, 6) is -5.16. The van der Waals surface area contributed by atoms with Crippen LogP contribution in [0, 0.1) is 23.2 Å². The second-order valence-electron chi connectivity index (χ2n) is 7.53. The van der Waals surface area contributed by atoms with Crippen LogP contribution in [0.5, 0.6) is 0 Å². The maximum absolute atomic E-state index is 13.3. The fourth-order valence-corrected chi connectivity index (χ4v) is 5.20. The molecule has 4 unspecified atom stereocenters. The van der Waals surface area contributed by atoms with Gasteiger partial charge in [0.2, 0.25) is 5.91 Å². The van der Waals surface area contributed by atoms with Crippen molar-refractivity contribution in [2.24, 2.45) is 23.2 Å². The Bertz CT molecular complexity index is 600. The second kappa shape index (κ2) is 5.49. The number of rotatable bonds is 1. The van der Waals surface area contributed by atoms with Crippen LogP contribution >= 0.6 is 0 Å². The summed E-state index contributed by atoms with van der Waals surface area (Å²) in [6.07, 6.45) is -1.31. The number of piperidine rings is 1. The summed E-state index contributed by atoms with van der Waals surface area (Å²) >= 11 is 0. The van der Waals surface area contributed by atoms with Gasteiger partial charge in [-0.05, 0) is 31.6 Å². The summed E-state index contributed by atoms with van der Waals surface area (Å²) < 4.78 is 39.9. The number of allylic oxidation sites excluding steroid dienone is 1. The van der Waals surface area contributed by atoms with E-state index in [4.69, 9.17) is 0 Å². The van der Waals surface area contributed by atoms with Crippen LogP contribution in [0.2, 0.25) is 0 Å². The first-order valence-electron chi connectivity index (χ1n) is 8.33. The zero-order chi connectivity index (χ0) is 17.9. The van der Waals surface area contributed by atoms with Crippen molar-refractivity contribution in [1.29, 1.82) is 0 Å². The summed E-state index contributed by atoms with van der Waals surface area (Å²) in [5, 5.41) is 9.49. The molecule has 7 heteroatoms. The van der Waals surface area contributed by atoms with Crippen LogP contribution in [0.25, 0.3) is 0 Å². The van der Waals surface area contributed by atoms with E-state index in [2.05, 4.69) is 0 Å². The molecule has 0 aromatic carbocycles. The summed E-state index contributed by atoms with van der Waals surface area (Å²) in [5.41, 5.74) is 0.404. The molecular formula is C17H22F3NO3. The molecule has 2 fully saturated rings. The van der Waals surface area contributed by atoms with Gasteiger partial charge in [-0.25, -0.2) is 0 Å². The predicted octanol–water partition coefficient (Wildman–Crippen LogP) is 3.23. The van der Waals surface area contributed by atoms with Crippen LogP contribution in [0.15, 0.2) is 11.6 Å². The largest absolute Gasteiger partial charge is 0.481 e. The van der Waals surface area contributed by atoms with Crippen LogP contribution in [0.1, 0.15) is 39.0 Å². The molecule has 2 aliphatic carbocycles. The molecule has 1 saturated heterocycles. The Kier molecular flexibility index (Phi) is 3.96. The van der Waals surface area contributed by atoms with E-state index in [1.807, 2.05) is 6.92 Å². The number of carboxylic acids is 1. The first-order chi connectivity index (χ1) is 11.1. The molecule has 0 radical (unpaired) electrons. The van der Waals surface area contributed by atoms with Gasteiger partial charge in [-0.1, -0.05) is 18.6 Å². The van der Waals surface area contributed by atoms with Crippen molar-refractivity contribution in [2.75, 3.05) is 7.05 Å². The highest BCUT2D eigenvalue weighted by Crippen LogP contribution is 2.57. The second-order valence-corrected chi connectivity index (χ2v) is 7.53. The van der Waals surface area contributed by atoms with Crippen molar-refractivity contribution in [1.82, 2.24) is 4.90 Å². The van der Waals surface area contributed by atoms with Gasteiger partial charge < -0.3 is 10.0 Å². The molecule has 3 aliphatic rings. The van der Waals surface area contributed by atoms with E-state index in [0.717, 1.165) is 5.57 Å². The average molecular weight is 345 g/mol. The van der Waals surface area contributed by atoms with E-state index in [1.165, 1.54) is 0 Å². The zero-order valence-electron chi connectivity index (χ0n) is 13.8. The molecule has 0 aromatic rings. The van der Waals surface area contributed by atoms with E-state index >= 15 is 0 Å². The molecule has 5 atom stereocenters. The molecule has 1 saturated carbocycles. The minimum atomic E-state index is -4.51. The molecule has 1 heterocycles. The maximum Gasteiger partial charge on any atom is 0.392 e. The Morgan fingerprint density at radius 2 is 2.04 bits per heavy atom. The molecule has 134 valence electrons. The smallest absolute Gasteiger partial charge is 0.392 e. The van der Waals surface area contributed by atoms with Gasteiger partial charge >= 0.3 is 12.1 Å². The number of nitrogens with zero attached hydrogens (tertiary/aromatic N) is 1. The van der Waals surface area contributed by atoms with Gasteiger partial charge in [0.05, 0.1) is 11.8 Å². The Morgan fingerprint density at radius 1 is 1.38 bits per heavy atom. The number of hydrogen-bond acceptors (Lipinski definition) is 2. The molecule has 0 bridgehead atoms. The minimum absolute atomic E-state index is 0.0512. The zero-order valence-corrected chi connectivity index (χ0v) is 13.8. The van der Waals surface area contributed by atoms with Gasteiger partial charge in [-0.2, -0.15) is 13.2 Å². The van der Waals surface area contributed by atoms with Crippen molar-refractivity contribution in [3.8, 4) is 0 Å². The first kappa shape index (κ1) is 17.3. The van der Waals surface area contributed by atoms with Crippen molar-refractivity contribution in [3.05, 3.63) is 11.6 Å². The van der Waals surface area contributed by atoms with E-state index in [9.17, 15) is 27.9 Å². The van der Waals surface area contributed by atoms with Crippen molar-refractivity contribution in [3.63, 3.8) is 0 Å². The van der Waals surface area contributed by atoms with Crippen molar-refractivity contribution in [2.45, 2.75) is 51.2 Å². The number of alkyl halides is 3. The Hall–Kier alpha value is -1.53. The fraction of sp³-hybridized carbons (Fsp3) is 0.765. The normalized spacial score (nSPS) is 39.8. The van der Waals surface area contributed by atoms with Gasteiger partial charge in [0.1, 0.15) is 0 Å². The summed E-state index contributed by atoms with van der Waals surface area (Å²) in [6, 6.07) is -0.0573. The number of fused-ring (bicyclic) bond motifs is 3. The van der Waals surface area contributed by atoms with Crippen molar-refractivity contribution >= 4 is 11.9 Å². The molecule has 0 aromatic heterocycles. The van der Waals surface area contributed by atoms with Gasteiger partial charge in [-0.15, -0.1) is 0 Å². The SMILES string of the molecule is CN1C(=O)CC[C@]2(C)C3=CCC(C(F)(F)F)C(C(=O)O)C3CCC12. The van der Waals surface area contributed by atoms with Gasteiger partial charge in [-0.3, -0.25) is 9.59 Å². The van der Waals surface area contributed by atoms with E-state index in [-0.39, 0.29) is 18.4 Å². The van der Waals surface area contributed by atoms with Crippen LogP contribution in [-0.4, -0.2) is 41.1 Å². The molecule has 0 spiro atoms. The van der Waals surface area contributed by atoms with E-state index in [1.54, 1.807) is 18.0 Å². The highest BCUT2D eigenvalue weighted by Gasteiger charge is 2.58. The lowest BCUT2D eigenvalue weighted by Crippen LogP contribution is -2.58. The molecule has 4 nitrogen and oxygen atoms in total. The highest BCUT2D eigenvalue weighted by molar-refractivity contribution is 5.78. The number of carboxylic acid groups (broad SMARTS) is 1. The van der Waals surface area contributed by atoms with Gasteiger partial charge in [0, 0.05) is 24.9 Å². The lowest BCUT2D eigenvalue weighted by Gasteiger charge is -2.56. The predicted molar refractivity (Wildman–Crippen MR) is 80.0 cm³/mol. The van der Waals surface area contributed by atoms with Crippen LogP contribution in [0.3, 0.4) is 0 Å². The number of likely N-dealkylation sites (tertiary alicyclic amines) is 1. The van der Waals surface area contributed by atoms with Gasteiger partial charge in [0.25, 0.3) is 0 Å². The van der Waals surface area contributed by atoms with Gasteiger partial charge in [0.15, 0.2) is 0 Å². The standard InChI is InChI=1S/C17H22F3NO3/c1-16-8-7-13(22)21(2)12(16)6-3-9-10(16)4-5-11(17(18,19)20)14(9)15(23)24/h4,9,11-12,14H,3,5-8H2,1-2H3,(H,23,24)/t9?,11?,12?,14?,16-/m1/s1. The number of amides is 1. The lowest BCUT2D eigenvalue weighted by atomic mass is 9.54. The molecule has 1 aliphatic heterocycles. The number of aliphatic carboxylic acids is 1. The quantitative estimate of drug-likeness (QED) is 0.743. The summed E-state index contributed by atoms with van der Waals surface area (Å²) in [6.45, 7) is 1.98. The minimum Gasteiger partial charge on any atom is -0.481 e. The topological polar surface area (TPSA) is 57.6 Å². The fourth-order valence-electron chi connectivity index (χ4n) is 5.20. The number of carbonyl (C=O) groups excluding carboxylic acids is 1. The van der Waals surface area contributed by atoms with E-state index in [0.29, 0.717) is 25.7 Å². The monoisotopic (exact) mass is 345 g/mol. The number of halogens is 3.